The standard InChI is InChI=1S/C23H26N2O5/c1-16(22(27)24-19-10-6-7-11-20(19)29-2)30-23(28)18-14-21(26)25(15-18)13-12-17-8-4-3-5-9-17/h3-11,16,18H,12-15H2,1-2H3,(H,24,27)/t16-,18-/m1/s1. The Morgan fingerprint density at radius 3 is 2.57 bits per heavy atom. The molecule has 0 unspecified atom stereocenters. The molecule has 158 valence electrons. The Balaban J connectivity index is 1.50. The van der Waals surface area contributed by atoms with Crippen LogP contribution < -0.4 is 10.1 Å². The van der Waals surface area contributed by atoms with Crippen LogP contribution in [0.4, 0.5) is 5.69 Å². The van der Waals surface area contributed by atoms with Crippen molar-refractivity contribution in [3.05, 3.63) is 60.2 Å². The van der Waals surface area contributed by atoms with Gasteiger partial charge in [-0.2, -0.15) is 0 Å². The average molecular weight is 410 g/mol. The fraction of sp³-hybridized carbons (Fsp3) is 0.348. The molecule has 7 nitrogen and oxygen atoms in total. The Bertz CT molecular complexity index is 899. The highest BCUT2D eigenvalue weighted by Gasteiger charge is 2.36. The van der Waals surface area contributed by atoms with Crippen molar-refractivity contribution in [2.24, 2.45) is 5.92 Å². The molecule has 30 heavy (non-hydrogen) atoms. The van der Waals surface area contributed by atoms with Crippen LogP contribution in [0.5, 0.6) is 5.75 Å². The van der Waals surface area contributed by atoms with E-state index in [4.69, 9.17) is 9.47 Å². The number of carbonyl (C=O) groups excluding carboxylic acids is 3. The molecule has 1 aliphatic heterocycles. The monoisotopic (exact) mass is 410 g/mol. The first kappa shape index (κ1) is 21.4. The van der Waals surface area contributed by atoms with E-state index in [1.807, 2.05) is 30.3 Å². The van der Waals surface area contributed by atoms with Gasteiger partial charge in [-0.15, -0.1) is 0 Å². The lowest BCUT2D eigenvalue weighted by Crippen LogP contribution is -2.33. The van der Waals surface area contributed by atoms with Gasteiger partial charge in [-0.3, -0.25) is 14.4 Å². The summed E-state index contributed by atoms with van der Waals surface area (Å²) in [4.78, 5) is 38.8. The number of nitrogens with zero attached hydrogens (tertiary/aromatic N) is 1. The molecule has 1 N–H and O–H groups in total. The number of esters is 1. The van der Waals surface area contributed by atoms with Crippen molar-refractivity contribution in [2.75, 3.05) is 25.5 Å². The van der Waals surface area contributed by atoms with Gasteiger partial charge in [0.05, 0.1) is 18.7 Å². The summed E-state index contributed by atoms with van der Waals surface area (Å²) in [6.07, 6.45) is -0.156. The number of methoxy groups -OCH3 is 1. The van der Waals surface area contributed by atoms with Crippen LogP contribution in [-0.4, -0.2) is 49.0 Å². The number of hydrogen-bond acceptors (Lipinski definition) is 5. The molecule has 7 heteroatoms. The summed E-state index contributed by atoms with van der Waals surface area (Å²) in [6, 6.07) is 16.9. The third-order valence-electron chi connectivity index (χ3n) is 5.09. The number of nitrogens with one attached hydrogen (secondary N) is 1. The van der Waals surface area contributed by atoms with Gasteiger partial charge in [-0.05, 0) is 31.0 Å². The SMILES string of the molecule is COc1ccccc1NC(=O)[C@@H](C)OC(=O)[C@@H]1CC(=O)N(CCc2ccccc2)C1. The van der Waals surface area contributed by atoms with Crippen LogP contribution in [0.15, 0.2) is 54.6 Å². The summed E-state index contributed by atoms with van der Waals surface area (Å²) >= 11 is 0. The minimum Gasteiger partial charge on any atom is -0.495 e. The van der Waals surface area contributed by atoms with Gasteiger partial charge >= 0.3 is 5.97 Å². The molecule has 2 atom stereocenters. The van der Waals surface area contributed by atoms with Crippen LogP contribution in [0.1, 0.15) is 18.9 Å². The van der Waals surface area contributed by atoms with Gasteiger partial charge in [-0.1, -0.05) is 42.5 Å². The van der Waals surface area contributed by atoms with Crippen molar-refractivity contribution in [2.45, 2.75) is 25.9 Å². The van der Waals surface area contributed by atoms with Gasteiger partial charge in [0.25, 0.3) is 5.91 Å². The van der Waals surface area contributed by atoms with E-state index in [1.54, 1.807) is 29.2 Å². The molecular formula is C23H26N2O5. The van der Waals surface area contributed by atoms with Crippen molar-refractivity contribution < 1.29 is 23.9 Å². The lowest BCUT2D eigenvalue weighted by atomic mass is 10.1. The molecule has 1 saturated heterocycles. The van der Waals surface area contributed by atoms with Gasteiger partial charge in [0, 0.05) is 19.5 Å². The lowest BCUT2D eigenvalue weighted by molar-refractivity contribution is -0.157. The lowest BCUT2D eigenvalue weighted by Gasteiger charge is -2.18. The molecule has 2 amide bonds. The third-order valence-corrected chi connectivity index (χ3v) is 5.09. The van der Waals surface area contributed by atoms with Crippen LogP contribution >= 0.6 is 0 Å². The van der Waals surface area contributed by atoms with Crippen LogP contribution in [0, 0.1) is 5.92 Å². The largest absolute Gasteiger partial charge is 0.495 e. The molecular weight excluding hydrogens is 384 g/mol. The van der Waals surface area contributed by atoms with E-state index in [2.05, 4.69) is 5.32 Å². The number of para-hydroxylation sites is 2. The first-order valence-corrected chi connectivity index (χ1v) is 9.94. The number of hydrogen-bond donors (Lipinski definition) is 1. The second kappa shape index (κ2) is 9.91. The van der Waals surface area contributed by atoms with E-state index >= 15 is 0 Å². The highest BCUT2D eigenvalue weighted by atomic mass is 16.5. The molecule has 0 saturated carbocycles. The number of amides is 2. The maximum atomic E-state index is 12.5. The van der Waals surface area contributed by atoms with Gasteiger partial charge in [0.1, 0.15) is 5.75 Å². The van der Waals surface area contributed by atoms with Crippen LogP contribution in [0.2, 0.25) is 0 Å². The fourth-order valence-electron chi connectivity index (χ4n) is 3.36. The Morgan fingerprint density at radius 1 is 1.13 bits per heavy atom. The molecule has 0 aromatic heterocycles. The summed E-state index contributed by atoms with van der Waals surface area (Å²) in [5.74, 6) is -1.11. The maximum absolute atomic E-state index is 12.5. The summed E-state index contributed by atoms with van der Waals surface area (Å²) < 4.78 is 10.5. The minimum atomic E-state index is -0.990. The maximum Gasteiger partial charge on any atom is 0.312 e. The van der Waals surface area contributed by atoms with Crippen molar-refractivity contribution >= 4 is 23.5 Å². The third kappa shape index (κ3) is 5.37. The molecule has 1 heterocycles. The number of rotatable bonds is 8. The molecule has 2 aromatic carbocycles. The minimum absolute atomic E-state index is 0.0704. The Morgan fingerprint density at radius 2 is 1.83 bits per heavy atom. The fourth-order valence-corrected chi connectivity index (χ4v) is 3.36. The highest BCUT2D eigenvalue weighted by molar-refractivity contribution is 5.96. The topological polar surface area (TPSA) is 84.9 Å². The van der Waals surface area contributed by atoms with Crippen LogP contribution in [0.25, 0.3) is 0 Å². The van der Waals surface area contributed by atoms with Gasteiger partial charge in [-0.25, -0.2) is 0 Å². The Kier molecular flexibility index (Phi) is 7.06. The van der Waals surface area contributed by atoms with Crippen molar-refractivity contribution in [3.8, 4) is 5.75 Å². The molecule has 1 aliphatic rings. The zero-order valence-corrected chi connectivity index (χ0v) is 17.2. The first-order valence-electron chi connectivity index (χ1n) is 9.94. The summed E-state index contributed by atoms with van der Waals surface area (Å²) in [6.45, 7) is 2.37. The average Bonchev–Trinajstić information content (AvgIpc) is 3.14. The van der Waals surface area contributed by atoms with E-state index < -0.39 is 23.9 Å². The predicted octanol–water partition coefficient (Wildman–Crippen LogP) is 2.66. The zero-order chi connectivity index (χ0) is 21.5. The Labute approximate surface area is 176 Å². The predicted molar refractivity (Wildman–Crippen MR) is 112 cm³/mol. The van der Waals surface area contributed by atoms with E-state index in [0.29, 0.717) is 24.5 Å². The summed E-state index contributed by atoms with van der Waals surface area (Å²) in [5, 5.41) is 2.69. The number of ether oxygens (including phenoxy) is 2. The molecule has 0 aliphatic carbocycles. The van der Waals surface area contributed by atoms with Crippen LogP contribution in [0.3, 0.4) is 0 Å². The van der Waals surface area contributed by atoms with Gasteiger partial charge in [0.15, 0.2) is 6.10 Å². The molecule has 1 fully saturated rings. The van der Waals surface area contributed by atoms with Gasteiger partial charge < -0.3 is 19.7 Å². The van der Waals surface area contributed by atoms with Crippen molar-refractivity contribution in [1.29, 1.82) is 0 Å². The number of likely N-dealkylation sites (tertiary alicyclic amines) is 1. The second-order valence-corrected chi connectivity index (χ2v) is 7.25. The second-order valence-electron chi connectivity index (χ2n) is 7.25. The number of benzene rings is 2. The Hall–Kier alpha value is -3.35. The molecule has 0 radical (unpaired) electrons. The zero-order valence-electron chi connectivity index (χ0n) is 17.2. The van der Waals surface area contributed by atoms with E-state index in [9.17, 15) is 14.4 Å². The number of carbonyl (C=O) groups is 3. The van der Waals surface area contributed by atoms with Crippen LogP contribution in [-0.2, 0) is 25.5 Å². The van der Waals surface area contributed by atoms with E-state index in [-0.39, 0.29) is 12.3 Å². The van der Waals surface area contributed by atoms with E-state index in [0.717, 1.165) is 12.0 Å². The summed E-state index contributed by atoms with van der Waals surface area (Å²) in [7, 11) is 1.51. The van der Waals surface area contributed by atoms with Crippen molar-refractivity contribution in [3.63, 3.8) is 0 Å². The number of anilines is 1. The smallest absolute Gasteiger partial charge is 0.312 e. The van der Waals surface area contributed by atoms with E-state index in [1.165, 1.54) is 14.0 Å². The molecule has 2 aromatic rings. The molecule has 0 bridgehead atoms. The van der Waals surface area contributed by atoms with Crippen molar-refractivity contribution in [1.82, 2.24) is 4.90 Å². The normalized spacial score (nSPS) is 16.8. The highest BCUT2D eigenvalue weighted by Crippen LogP contribution is 2.24. The summed E-state index contributed by atoms with van der Waals surface area (Å²) in [5.41, 5.74) is 1.63. The first-order chi connectivity index (χ1) is 14.5. The van der Waals surface area contributed by atoms with Gasteiger partial charge in [0.2, 0.25) is 5.91 Å². The molecule has 3 rings (SSSR count). The molecule has 0 spiro atoms. The quantitative estimate of drug-likeness (QED) is 0.677.